The third kappa shape index (κ3) is 2.31. The highest BCUT2D eigenvalue weighted by molar-refractivity contribution is 7.89. The second-order valence-corrected chi connectivity index (χ2v) is 7.75. The summed E-state index contributed by atoms with van der Waals surface area (Å²) in [4.78, 5) is 0.315. The lowest BCUT2D eigenvalue weighted by molar-refractivity contribution is 0.333. The summed E-state index contributed by atoms with van der Waals surface area (Å²) in [6, 6.07) is 0. The fourth-order valence-electron chi connectivity index (χ4n) is 3.85. The van der Waals surface area contributed by atoms with Crippen LogP contribution in [0.1, 0.15) is 37.1 Å². The zero-order valence-corrected chi connectivity index (χ0v) is 12.3. The van der Waals surface area contributed by atoms with Crippen LogP contribution in [0.3, 0.4) is 0 Å². The fourth-order valence-corrected chi connectivity index (χ4v) is 5.31. The minimum Gasteiger partial charge on any atom is -0.281 e. The molecule has 1 aromatic heterocycles. The van der Waals surface area contributed by atoms with Gasteiger partial charge in [0, 0.05) is 6.54 Å². The lowest BCUT2D eigenvalue weighted by Crippen LogP contribution is -2.32. The quantitative estimate of drug-likeness (QED) is 0.884. The van der Waals surface area contributed by atoms with E-state index < -0.39 is 10.0 Å². The molecular formula is C13H21N3O2S. The minimum absolute atomic E-state index is 0.315. The van der Waals surface area contributed by atoms with Crippen molar-refractivity contribution in [3.8, 4) is 0 Å². The molecule has 2 N–H and O–H groups in total. The molecule has 5 nitrogen and oxygen atoms in total. The van der Waals surface area contributed by atoms with Gasteiger partial charge in [0.15, 0.2) is 0 Å². The normalized spacial score (nSPS) is 30.1. The van der Waals surface area contributed by atoms with E-state index in [0.29, 0.717) is 28.7 Å². The van der Waals surface area contributed by atoms with E-state index in [4.69, 9.17) is 0 Å². The first-order chi connectivity index (χ1) is 8.97. The van der Waals surface area contributed by atoms with Gasteiger partial charge in [-0.15, -0.1) is 0 Å². The van der Waals surface area contributed by atoms with E-state index in [1.54, 1.807) is 13.8 Å². The van der Waals surface area contributed by atoms with Gasteiger partial charge in [0.05, 0.1) is 11.4 Å². The number of H-pyrrole nitrogens is 1. The molecule has 0 spiro atoms. The third-order valence-corrected chi connectivity index (χ3v) is 6.44. The van der Waals surface area contributed by atoms with Crippen LogP contribution >= 0.6 is 0 Å². The van der Waals surface area contributed by atoms with Gasteiger partial charge in [0.2, 0.25) is 10.0 Å². The van der Waals surface area contributed by atoms with Crippen molar-refractivity contribution >= 4 is 10.0 Å². The number of nitrogens with zero attached hydrogens (tertiary/aromatic N) is 1. The summed E-state index contributed by atoms with van der Waals surface area (Å²) in [6.45, 7) is 4.04. The number of hydrogen-bond donors (Lipinski definition) is 2. The molecule has 106 valence electrons. The predicted octanol–water partition coefficient (Wildman–Crippen LogP) is 1.74. The van der Waals surface area contributed by atoms with Crippen LogP contribution in [0.2, 0.25) is 0 Å². The van der Waals surface area contributed by atoms with Gasteiger partial charge in [-0.2, -0.15) is 5.10 Å². The van der Waals surface area contributed by atoms with Crippen LogP contribution in [0.25, 0.3) is 0 Å². The van der Waals surface area contributed by atoms with Crippen LogP contribution in [0.5, 0.6) is 0 Å². The van der Waals surface area contributed by atoms with Crippen molar-refractivity contribution in [1.82, 2.24) is 14.9 Å². The molecule has 19 heavy (non-hydrogen) atoms. The molecule has 3 unspecified atom stereocenters. The molecule has 2 aliphatic rings. The lowest BCUT2D eigenvalue weighted by atomic mass is 9.89. The Labute approximate surface area is 114 Å². The Bertz CT molecular complexity index is 559. The molecule has 2 fully saturated rings. The maximum Gasteiger partial charge on any atom is 0.244 e. The highest BCUT2D eigenvalue weighted by Gasteiger charge is 2.39. The number of aryl methyl sites for hydroxylation is 2. The zero-order chi connectivity index (χ0) is 13.6. The average Bonchev–Trinajstić information content (AvgIpc) is 3.02. The Balaban J connectivity index is 1.69. The maximum atomic E-state index is 12.3. The summed E-state index contributed by atoms with van der Waals surface area (Å²) in [5.74, 6) is 2.11. The van der Waals surface area contributed by atoms with Gasteiger partial charge in [-0.3, -0.25) is 5.10 Å². The highest BCUT2D eigenvalue weighted by atomic mass is 32.2. The molecule has 3 rings (SSSR count). The van der Waals surface area contributed by atoms with Crippen molar-refractivity contribution in [2.75, 3.05) is 6.54 Å². The smallest absolute Gasteiger partial charge is 0.244 e. The monoisotopic (exact) mass is 283 g/mol. The molecule has 2 saturated carbocycles. The topological polar surface area (TPSA) is 74.8 Å². The summed E-state index contributed by atoms with van der Waals surface area (Å²) in [6.07, 6.45) is 5.11. The van der Waals surface area contributed by atoms with Gasteiger partial charge in [0.25, 0.3) is 0 Å². The molecular weight excluding hydrogens is 262 g/mol. The van der Waals surface area contributed by atoms with Gasteiger partial charge >= 0.3 is 0 Å². The Kier molecular flexibility index (Phi) is 3.17. The standard InChI is InChI=1S/C13H21N3O2S/c1-8-13(9(2)16-15-8)19(17,18)14-7-12-6-10-3-4-11(12)5-10/h10-12,14H,3-7H2,1-2H3,(H,15,16). The number of sulfonamides is 1. The SMILES string of the molecule is Cc1n[nH]c(C)c1S(=O)(=O)NCC1CC2CCC1C2. The van der Waals surface area contributed by atoms with E-state index in [1.165, 1.54) is 25.7 Å². The summed E-state index contributed by atoms with van der Waals surface area (Å²) in [5, 5.41) is 6.69. The number of fused-ring (bicyclic) bond motifs is 2. The second kappa shape index (κ2) is 4.59. The molecule has 1 aromatic rings. The minimum atomic E-state index is -3.43. The first kappa shape index (κ1) is 13.1. The molecule has 2 bridgehead atoms. The Hall–Kier alpha value is -0.880. The van der Waals surface area contributed by atoms with E-state index >= 15 is 0 Å². The van der Waals surface area contributed by atoms with Gasteiger partial charge in [-0.1, -0.05) is 6.42 Å². The third-order valence-electron chi connectivity index (χ3n) is 4.75. The van der Waals surface area contributed by atoms with Gasteiger partial charge in [0.1, 0.15) is 4.90 Å². The van der Waals surface area contributed by atoms with Crippen molar-refractivity contribution in [3.63, 3.8) is 0 Å². The van der Waals surface area contributed by atoms with E-state index in [0.717, 1.165) is 11.8 Å². The summed E-state index contributed by atoms with van der Waals surface area (Å²) in [7, 11) is -3.43. The van der Waals surface area contributed by atoms with E-state index in [9.17, 15) is 8.42 Å². The van der Waals surface area contributed by atoms with E-state index in [-0.39, 0.29) is 0 Å². The summed E-state index contributed by atoms with van der Waals surface area (Å²) >= 11 is 0. The molecule has 0 radical (unpaired) electrons. The first-order valence-electron chi connectivity index (χ1n) is 6.98. The van der Waals surface area contributed by atoms with Crippen molar-refractivity contribution in [3.05, 3.63) is 11.4 Å². The Morgan fingerprint density at radius 1 is 1.32 bits per heavy atom. The van der Waals surface area contributed by atoms with Crippen LogP contribution in [0.15, 0.2) is 4.90 Å². The number of nitrogens with one attached hydrogen (secondary N) is 2. The van der Waals surface area contributed by atoms with Crippen molar-refractivity contribution in [1.29, 1.82) is 0 Å². The Morgan fingerprint density at radius 2 is 2.11 bits per heavy atom. The molecule has 0 aliphatic heterocycles. The first-order valence-corrected chi connectivity index (χ1v) is 8.47. The molecule has 0 saturated heterocycles. The largest absolute Gasteiger partial charge is 0.281 e. The number of rotatable bonds is 4. The predicted molar refractivity (Wildman–Crippen MR) is 72.2 cm³/mol. The van der Waals surface area contributed by atoms with Gasteiger partial charge < -0.3 is 0 Å². The lowest BCUT2D eigenvalue weighted by Gasteiger charge is -2.21. The van der Waals surface area contributed by atoms with Crippen molar-refractivity contribution in [2.45, 2.75) is 44.4 Å². The summed E-state index contributed by atoms with van der Waals surface area (Å²) < 4.78 is 27.4. The van der Waals surface area contributed by atoms with Gasteiger partial charge in [-0.25, -0.2) is 13.1 Å². The summed E-state index contributed by atoms with van der Waals surface area (Å²) in [5.41, 5.74) is 1.15. The van der Waals surface area contributed by atoms with Crippen LogP contribution in [0, 0.1) is 31.6 Å². The highest BCUT2D eigenvalue weighted by Crippen LogP contribution is 2.48. The molecule has 1 heterocycles. The Morgan fingerprint density at radius 3 is 2.63 bits per heavy atom. The molecule has 3 atom stereocenters. The molecule has 0 amide bonds. The zero-order valence-electron chi connectivity index (χ0n) is 11.4. The number of hydrogen-bond acceptors (Lipinski definition) is 3. The maximum absolute atomic E-state index is 12.3. The van der Waals surface area contributed by atoms with Crippen LogP contribution in [-0.4, -0.2) is 25.2 Å². The van der Waals surface area contributed by atoms with E-state index in [1.807, 2.05) is 0 Å². The second-order valence-electron chi connectivity index (χ2n) is 6.05. The molecule has 2 aliphatic carbocycles. The van der Waals surface area contributed by atoms with Crippen molar-refractivity contribution in [2.24, 2.45) is 17.8 Å². The van der Waals surface area contributed by atoms with Crippen LogP contribution in [0.4, 0.5) is 0 Å². The van der Waals surface area contributed by atoms with Crippen molar-refractivity contribution < 1.29 is 8.42 Å². The average molecular weight is 283 g/mol. The van der Waals surface area contributed by atoms with E-state index in [2.05, 4.69) is 14.9 Å². The van der Waals surface area contributed by atoms with Crippen LogP contribution < -0.4 is 4.72 Å². The molecule has 6 heteroatoms. The van der Waals surface area contributed by atoms with Crippen LogP contribution in [-0.2, 0) is 10.0 Å². The number of aromatic nitrogens is 2. The fraction of sp³-hybridized carbons (Fsp3) is 0.769. The molecule has 0 aromatic carbocycles. The number of aromatic amines is 1. The van der Waals surface area contributed by atoms with Gasteiger partial charge in [-0.05, 0) is 50.9 Å².